The third-order valence-corrected chi connectivity index (χ3v) is 1.86. The van der Waals surface area contributed by atoms with Crippen LogP contribution in [0.1, 0.15) is 5.56 Å². The molecule has 64 valence electrons. The highest BCUT2D eigenvalue weighted by atomic mass is 79.9. The Kier molecular flexibility index (Phi) is 3.44. The second-order valence-corrected chi connectivity index (χ2v) is 3.17. The first-order valence-electron chi connectivity index (χ1n) is 3.46. The molecule has 0 saturated carbocycles. The number of benzene rings is 1. The summed E-state index contributed by atoms with van der Waals surface area (Å²) in [7, 11) is 0. The molecule has 0 aliphatic heterocycles. The van der Waals surface area contributed by atoms with Crippen molar-refractivity contribution in [3.8, 4) is 0 Å². The van der Waals surface area contributed by atoms with Crippen LogP contribution in [0.3, 0.4) is 0 Å². The molecule has 1 N–H and O–H groups in total. The first-order chi connectivity index (χ1) is 5.74. The van der Waals surface area contributed by atoms with E-state index in [1.807, 2.05) is 0 Å². The van der Waals surface area contributed by atoms with Gasteiger partial charge in [-0.15, -0.1) is 0 Å². The number of aliphatic hydroxyl groups is 1. The Labute approximate surface area is 78.7 Å². The van der Waals surface area contributed by atoms with E-state index in [9.17, 15) is 4.39 Å². The van der Waals surface area contributed by atoms with Crippen LogP contribution in [-0.2, 0) is 0 Å². The van der Waals surface area contributed by atoms with Gasteiger partial charge in [0.15, 0.2) is 0 Å². The lowest BCUT2D eigenvalue weighted by Crippen LogP contribution is -1.81. The van der Waals surface area contributed by atoms with Crippen LogP contribution in [-0.4, -0.2) is 11.7 Å². The van der Waals surface area contributed by atoms with Gasteiger partial charge >= 0.3 is 0 Å². The first kappa shape index (κ1) is 9.42. The fourth-order valence-electron chi connectivity index (χ4n) is 0.816. The molecule has 0 aromatic heterocycles. The second kappa shape index (κ2) is 4.38. The van der Waals surface area contributed by atoms with Gasteiger partial charge in [-0.1, -0.05) is 34.1 Å². The summed E-state index contributed by atoms with van der Waals surface area (Å²) in [5.74, 6) is -0.297. The Balaban J connectivity index is 2.94. The van der Waals surface area contributed by atoms with Crippen molar-refractivity contribution in [1.29, 1.82) is 0 Å². The first-order valence-corrected chi connectivity index (χ1v) is 4.26. The Morgan fingerprint density at radius 3 is 2.83 bits per heavy atom. The highest BCUT2D eigenvalue weighted by Crippen LogP contribution is 2.15. The molecule has 0 heterocycles. The Morgan fingerprint density at radius 2 is 2.25 bits per heavy atom. The molecule has 1 aromatic carbocycles. The molecule has 0 saturated heterocycles. The smallest absolute Gasteiger partial charge is 0.131 e. The van der Waals surface area contributed by atoms with Crippen LogP contribution >= 0.6 is 15.9 Å². The van der Waals surface area contributed by atoms with E-state index in [-0.39, 0.29) is 12.4 Å². The topological polar surface area (TPSA) is 20.2 Å². The average molecular weight is 231 g/mol. The van der Waals surface area contributed by atoms with Gasteiger partial charge < -0.3 is 5.11 Å². The van der Waals surface area contributed by atoms with Crippen molar-refractivity contribution in [3.05, 3.63) is 40.1 Å². The summed E-state index contributed by atoms with van der Waals surface area (Å²) in [5.41, 5.74) is 0.479. The Hall–Kier alpha value is -0.670. The summed E-state index contributed by atoms with van der Waals surface area (Å²) >= 11 is 3.15. The second-order valence-electron chi connectivity index (χ2n) is 2.25. The number of hydrogen-bond acceptors (Lipinski definition) is 1. The molecule has 0 atom stereocenters. The van der Waals surface area contributed by atoms with Gasteiger partial charge in [0.1, 0.15) is 5.82 Å². The van der Waals surface area contributed by atoms with Gasteiger partial charge in [-0.05, 0) is 12.1 Å². The maximum Gasteiger partial charge on any atom is 0.131 e. The zero-order chi connectivity index (χ0) is 8.97. The lowest BCUT2D eigenvalue weighted by atomic mass is 10.2. The van der Waals surface area contributed by atoms with Crippen LogP contribution in [0.15, 0.2) is 28.7 Å². The lowest BCUT2D eigenvalue weighted by molar-refractivity contribution is 0.343. The summed E-state index contributed by atoms with van der Waals surface area (Å²) in [5, 5.41) is 8.45. The summed E-state index contributed by atoms with van der Waals surface area (Å²) in [6.45, 7) is -0.0739. The Morgan fingerprint density at radius 1 is 1.50 bits per heavy atom. The van der Waals surface area contributed by atoms with Crippen LogP contribution in [0.2, 0.25) is 0 Å². The monoisotopic (exact) mass is 230 g/mol. The minimum Gasteiger partial charge on any atom is -0.392 e. The third kappa shape index (κ3) is 2.43. The van der Waals surface area contributed by atoms with Gasteiger partial charge in [0.25, 0.3) is 0 Å². The maximum absolute atomic E-state index is 13.0. The number of aliphatic hydroxyl groups excluding tert-OH is 1. The minimum absolute atomic E-state index is 0.0739. The van der Waals surface area contributed by atoms with Crippen molar-refractivity contribution in [3.63, 3.8) is 0 Å². The zero-order valence-electron chi connectivity index (χ0n) is 6.30. The van der Waals surface area contributed by atoms with E-state index in [4.69, 9.17) is 5.11 Å². The van der Waals surface area contributed by atoms with Crippen LogP contribution in [0.25, 0.3) is 6.08 Å². The van der Waals surface area contributed by atoms with E-state index >= 15 is 0 Å². The minimum atomic E-state index is -0.297. The van der Waals surface area contributed by atoms with Gasteiger partial charge in [-0.25, -0.2) is 4.39 Å². The highest BCUT2D eigenvalue weighted by Gasteiger charge is 1.97. The van der Waals surface area contributed by atoms with E-state index in [1.54, 1.807) is 18.2 Å². The zero-order valence-corrected chi connectivity index (χ0v) is 7.88. The molecule has 0 bridgehead atoms. The normalized spacial score (nSPS) is 10.9. The summed E-state index contributed by atoms with van der Waals surface area (Å²) in [6.07, 6.45) is 3.04. The van der Waals surface area contributed by atoms with Gasteiger partial charge in [0.2, 0.25) is 0 Å². The molecular formula is C9H8BrFO. The van der Waals surface area contributed by atoms with Crippen LogP contribution < -0.4 is 0 Å². The molecule has 0 aliphatic carbocycles. The van der Waals surface area contributed by atoms with Crippen molar-refractivity contribution in [2.45, 2.75) is 0 Å². The van der Waals surface area contributed by atoms with Crippen molar-refractivity contribution >= 4 is 22.0 Å². The molecule has 0 radical (unpaired) electrons. The van der Waals surface area contributed by atoms with E-state index in [1.165, 1.54) is 12.1 Å². The molecule has 12 heavy (non-hydrogen) atoms. The molecule has 0 amide bonds. The number of rotatable bonds is 2. The third-order valence-electron chi connectivity index (χ3n) is 1.37. The van der Waals surface area contributed by atoms with Crippen molar-refractivity contribution in [2.24, 2.45) is 0 Å². The number of halogens is 2. The SMILES string of the molecule is OC/C=C/c1ccc(Br)cc1F. The summed E-state index contributed by atoms with van der Waals surface area (Å²) in [6, 6.07) is 4.78. The van der Waals surface area contributed by atoms with Crippen molar-refractivity contribution < 1.29 is 9.50 Å². The summed E-state index contributed by atoms with van der Waals surface area (Å²) < 4.78 is 13.7. The van der Waals surface area contributed by atoms with E-state index < -0.39 is 0 Å². The fraction of sp³-hybridized carbons (Fsp3) is 0.111. The summed E-state index contributed by atoms with van der Waals surface area (Å²) in [4.78, 5) is 0. The van der Waals surface area contributed by atoms with E-state index in [0.29, 0.717) is 10.0 Å². The number of hydrogen-bond donors (Lipinski definition) is 1. The van der Waals surface area contributed by atoms with Gasteiger partial charge in [0.05, 0.1) is 6.61 Å². The van der Waals surface area contributed by atoms with E-state index in [2.05, 4.69) is 15.9 Å². The quantitative estimate of drug-likeness (QED) is 0.829. The van der Waals surface area contributed by atoms with Crippen LogP contribution in [0.5, 0.6) is 0 Å². The molecule has 0 aliphatic rings. The lowest BCUT2D eigenvalue weighted by Gasteiger charge is -1.96. The molecule has 1 rings (SSSR count). The van der Waals surface area contributed by atoms with Crippen molar-refractivity contribution in [1.82, 2.24) is 0 Å². The largest absolute Gasteiger partial charge is 0.392 e. The maximum atomic E-state index is 13.0. The van der Waals surface area contributed by atoms with Crippen LogP contribution in [0.4, 0.5) is 4.39 Å². The van der Waals surface area contributed by atoms with Gasteiger partial charge in [0, 0.05) is 10.0 Å². The highest BCUT2D eigenvalue weighted by molar-refractivity contribution is 9.10. The molecule has 0 spiro atoms. The molecule has 1 nitrogen and oxygen atoms in total. The molecule has 0 fully saturated rings. The van der Waals surface area contributed by atoms with Gasteiger partial charge in [-0.3, -0.25) is 0 Å². The molecular weight excluding hydrogens is 223 g/mol. The predicted octanol–water partition coefficient (Wildman–Crippen LogP) is 2.59. The predicted molar refractivity (Wildman–Crippen MR) is 50.2 cm³/mol. The van der Waals surface area contributed by atoms with Crippen LogP contribution in [0, 0.1) is 5.82 Å². The Bertz CT molecular complexity index is 297. The standard InChI is InChI=1S/C9H8BrFO/c10-8-4-3-7(2-1-5-12)9(11)6-8/h1-4,6,12H,5H2/b2-1+. The molecule has 1 aromatic rings. The van der Waals surface area contributed by atoms with E-state index in [0.717, 1.165) is 0 Å². The molecule has 0 unspecified atom stereocenters. The average Bonchev–Trinajstić information content (AvgIpc) is 2.03. The van der Waals surface area contributed by atoms with Crippen molar-refractivity contribution in [2.75, 3.05) is 6.61 Å². The fourth-order valence-corrected chi connectivity index (χ4v) is 1.15. The molecule has 3 heteroatoms. The van der Waals surface area contributed by atoms with Gasteiger partial charge in [-0.2, -0.15) is 0 Å².